The van der Waals surface area contributed by atoms with Gasteiger partial charge in [-0.2, -0.15) is 0 Å². The topological polar surface area (TPSA) is 42.2 Å². The number of benzene rings is 1. The zero-order valence-corrected chi connectivity index (χ0v) is 15.3. The van der Waals surface area contributed by atoms with E-state index in [0.717, 1.165) is 47.6 Å². The molecule has 130 valence electrons. The van der Waals surface area contributed by atoms with E-state index in [1.807, 2.05) is 18.2 Å². The first-order chi connectivity index (χ1) is 12.1. The van der Waals surface area contributed by atoms with Crippen molar-refractivity contribution in [2.24, 2.45) is 0 Å². The summed E-state index contributed by atoms with van der Waals surface area (Å²) >= 11 is 6.30. The predicted molar refractivity (Wildman–Crippen MR) is 99.7 cm³/mol. The average molecular weight is 356 g/mol. The lowest BCUT2D eigenvalue weighted by molar-refractivity contribution is 0.234. The highest BCUT2D eigenvalue weighted by Gasteiger charge is 2.29. The van der Waals surface area contributed by atoms with Crippen LogP contribution in [-0.4, -0.2) is 21.6 Å². The highest BCUT2D eigenvalue weighted by atomic mass is 35.5. The molecule has 5 heteroatoms. The van der Waals surface area contributed by atoms with Crippen LogP contribution in [0.4, 0.5) is 0 Å². The first kappa shape index (κ1) is 16.6. The summed E-state index contributed by atoms with van der Waals surface area (Å²) in [5.74, 6) is 1.32. The minimum Gasteiger partial charge on any atom is -0.361 e. The van der Waals surface area contributed by atoms with E-state index in [0.29, 0.717) is 17.0 Å². The van der Waals surface area contributed by atoms with Crippen LogP contribution in [0.3, 0.4) is 0 Å². The highest BCUT2D eigenvalue weighted by molar-refractivity contribution is 6.35. The Balaban J connectivity index is 1.57. The van der Waals surface area contributed by atoms with E-state index in [1.165, 1.54) is 6.42 Å². The molecule has 0 unspecified atom stereocenters. The maximum absolute atomic E-state index is 6.30. The van der Waals surface area contributed by atoms with Crippen molar-refractivity contribution < 1.29 is 4.52 Å². The number of nitrogens with zero attached hydrogens (tertiary/aromatic N) is 3. The second-order valence-electron chi connectivity index (χ2n) is 7.05. The lowest BCUT2D eigenvalue weighted by Gasteiger charge is -2.22. The molecule has 25 heavy (non-hydrogen) atoms. The van der Waals surface area contributed by atoms with Crippen molar-refractivity contribution in [1.29, 1.82) is 0 Å². The third kappa shape index (κ3) is 3.29. The van der Waals surface area contributed by atoms with Crippen LogP contribution >= 0.6 is 11.6 Å². The first-order valence-electron chi connectivity index (χ1n) is 8.86. The van der Waals surface area contributed by atoms with E-state index < -0.39 is 0 Å². The highest BCUT2D eigenvalue weighted by Crippen LogP contribution is 2.34. The molecule has 1 aromatic carbocycles. The largest absolute Gasteiger partial charge is 0.361 e. The molecule has 1 atom stereocenters. The Bertz CT molecular complexity index is 890. The van der Waals surface area contributed by atoms with Gasteiger partial charge in [-0.25, -0.2) is 4.98 Å². The molecular weight excluding hydrogens is 334 g/mol. The van der Waals surface area contributed by atoms with E-state index in [9.17, 15) is 0 Å². The second kappa shape index (κ2) is 6.77. The van der Waals surface area contributed by atoms with Gasteiger partial charge >= 0.3 is 0 Å². The molecular formula is C20H22ClN3O. The van der Waals surface area contributed by atoms with Gasteiger partial charge in [0.25, 0.3) is 0 Å². The maximum atomic E-state index is 6.30. The van der Waals surface area contributed by atoms with Crippen molar-refractivity contribution in [2.45, 2.75) is 45.2 Å². The van der Waals surface area contributed by atoms with Crippen molar-refractivity contribution in [1.82, 2.24) is 15.0 Å². The zero-order chi connectivity index (χ0) is 17.4. The molecule has 0 N–H and O–H groups in total. The normalized spacial score (nSPS) is 18.5. The van der Waals surface area contributed by atoms with Crippen LogP contribution in [0.15, 0.2) is 40.9 Å². The summed E-state index contributed by atoms with van der Waals surface area (Å²) in [7, 11) is 0. The van der Waals surface area contributed by atoms with Crippen molar-refractivity contribution >= 4 is 22.5 Å². The summed E-state index contributed by atoms with van der Waals surface area (Å²) in [4.78, 5) is 7.22. The quantitative estimate of drug-likeness (QED) is 0.633. The smallest absolute Gasteiger partial charge is 0.139 e. The van der Waals surface area contributed by atoms with Gasteiger partial charge < -0.3 is 4.52 Å². The van der Waals surface area contributed by atoms with Crippen LogP contribution in [0, 0.1) is 0 Å². The van der Waals surface area contributed by atoms with Crippen molar-refractivity contribution in [3.05, 3.63) is 58.6 Å². The van der Waals surface area contributed by atoms with Crippen molar-refractivity contribution in [3.8, 4) is 0 Å². The number of likely N-dealkylation sites (tertiary alicyclic amines) is 1. The van der Waals surface area contributed by atoms with Gasteiger partial charge in [-0.05, 0) is 31.5 Å². The van der Waals surface area contributed by atoms with E-state index >= 15 is 0 Å². The standard InChI is InChI=1S/C20H22ClN3O/c1-13(2)19-11-17(23-25-19)18-7-4-10-24(18)12-15-9-8-14-5-3-6-16(21)20(14)22-15/h3,5-6,8-9,11,13,18H,4,7,10,12H2,1-2H3/t18-/m1/s1. The molecule has 0 bridgehead atoms. The Hall–Kier alpha value is -1.91. The minimum atomic E-state index is 0.306. The number of rotatable bonds is 4. The predicted octanol–water partition coefficient (Wildman–Crippen LogP) is 5.34. The first-order valence-corrected chi connectivity index (χ1v) is 9.24. The zero-order valence-electron chi connectivity index (χ0n) is 14.6. The number of pyridine rings is 1. The molecule has 4 nitrogen and oxygen atoms in total. The molecule has 3 heterocycles. The Morgan fingerprint density at radius 3 is 2.96 bits per heavy atom. The molecule has 1 aliphatic heterocycles. The van der Waals surface area contributed by atoms with Crippen LogP contribution < -0.4 is 0 Å². The third-order valence-corrected chi connectivity index (χ3v) is 5.22. The number of halogens is 1. The number of hydrogen-bond donors (Lipinski definition) is 0. The Morgan fingerprint density at radius 2 is 2.16 bits per heavy atom. The Morgan fingerprint density at radius 1 is 1.28 bits per heavy atom. The SMILES string of the molecule is CC(C)c1cc([C@H]2CCCN2Cc2ccc3cccc(Cl)c3n2)no1. The fraction of sp³-hybridized carbons (Fsp3) is 0.400. The van der Waals surface area contributed by atoms with Crippen LogP contribution in [0.25, 0.3) is 10.9 Å². The molecule has 1 aliphatic rings. The number of fused-ring (bicyclic) bond motifs is 1. The van der Waals surface area contributed by atoms with Gasteiger partial charge in [0.05, 0.1) is 22.3 Å². The van der Waals surface area contributed by atoms with E-state index in [1.54, 1.807) is 0 Å². The average Bonchev–Trinajstić information content (AvgIpc) is 3.24. The molecule has 1 fully saturated rings. The lowest BCUT2D eigenvalue weighted by Crippen LogP contribution is -2.23. The molecule has 1 saturated heterocycles. The van der Waals surface area contributed by atoms with Gasteiger partial charge in [0.2, 0.25) is 0 Å². The van der Waals surface area contributed by atoms with Gasteiger partial charge in [0, 0.05) is 23.9 Å². The summed E-state index contributed by atoms with van der Waals surface area (Å²) in [5.41, 5.74) is 2.96. The van der Waals surface area contributed by atoms with Crippen molar-refractivity contribution in [3.63, 3.8) is 0 Å². The number of para-hydroxylation sites is 1. The maximum Gasteiger partial charge on any atom is 0.139 e. The monoisotopic (exact) mass is 355 g/mol. The summed E-state index contributed by atoms with van der Waals surface area (Å²) in [6.07, 6.45) is 2.28. The summed E-state index contributed by atoms with van der Waals surface area (Å²) < 4.78 is 5.50. The molecule has 0 radical (unpaired) electrons. The number of aromatic nitrogens is 2. The summed E-state index contributed by atoms with van der Waals surface area (Å²) in [6, 6.07) is 12.5. The molecule has 4 rings (SSSR count). The molecule has 3 aromatic rings. The van der Waals surface area contributed by atoms with E-state index in [4.69, 9.17) is 21.1 Å². The summed E-state index contributed by atoms with van der Waals surface area (Å²) in [6.45, 7) is 6.10. The van der Waals surface area contributed by atoms with Crippen LogP contribution in [0.2, 0.25) is 5.02 Å². The fourth-order valence-corrected chi connectivity index (χ4v) is 3.75. The Kier molecular flexibility index (Phi) is 4.48. The lowest BCUT2D eigenvalue weighted by atomic mass is 10.1. The third-order valence-electron chi connectivity index (χ3n) is 4.91. The van der Waals surface area contributed by atoms with Gasteiger partial charge in [-0.15, -0.1) is 0 Å². The molecule has 0 aliphatic carbocycles. The van der Waals surface area contributed by atoms with E-state index in [2.05, 4.69) is 42.1 Å². The molecule has 0 spiro atoms. The van der Waals surface area contributed by atoms with Crippen LogP contribution in [0.5, 0.6) is 0 Å². The van der Waals surface area contributed by atoms with E-state index in [-0.39, 0.29) is 0 Å². The van der Waals surface area contributed by atoms with Gasteiger partial charge in [-0.3, -0.25) is 4.90 Å². The van der Waals surface area contributed by atoms with Gasteiger partial charge in [0.15, 0.2) is 0 Å². The second-order valence-corrected chi connectivity index (χ2v) is 7.46. The summed E-state index contributed by atoms with van der Waals surface area (Å²) in [5, 5.41) is 6.10. The van der Waals surface area contributed by atoms with Gasteiger partial charge in [-0.1, -0.05) is 48.8 Å². The van der Waals surface area contributed by atoms with Crippen LogP contribution in [0.1, 0.15) is 55.8 Å². The molecule has 0 saturated carbocycles. The number of hydrogen-bond acceptors (Lipinski definition) is 4. The van der Waals surface area contributed by atoms with Gasteiger partial charge in [0.1, 0.15) is 11.5 Å². The Labute approximate surface area is 152 Å². The van der Waals surface area contributed by atoms with Crippen LogP contribution in [-0.2, 0) is 6.54 Å². The fourth-order valence-electron chi connectivity index (χ4n) is 3.53. The minimum absolute atomic E-state index is 0.306. The molecule has 2 aromatic heterocycles. The molecule has 0 amide bonds. The van der Waals surface area contributed by atoms with Crippen molar-refractivity contribution in [2.75, 3.05) is 6.54 Å².